The molecule has 1 heterocycles. The second kappa shape index (κ2) is 10.7. The van der Waals surface area contributed by atoms with E-state index in [1.54, 1.807) is 12.1 Å². The molecule has 0 radical (unpaired) electrons. The van der Waals surface area contributed by atoms with Crippen LogP contribution in [0.15, 0.2) is 72.8 Å². The van der Waals surface area contributed by atoms with E-state index in [2.05, 4.69) is 5.32 Å². The molecule has 1 N–H and O–H groups in total. The molecular weight excluding hydrogens is 443 g/mol. The van der Waals surface area contributed by atoms with Crippen LogP contribution in [0.4, 0.5) is 10.1 Å². The predicted molar refractivity (Wildman–Crippen MR) is 135 cm³/mol. The van der Waals surface area contributed by atoms with Gasteiger partial charge in [-0.2, -0.15) is 0 Å². The summed E-state index contributed by atoms with van der Waals surface area (Å²) in [6, 6.07) is 21.4. The fraction of sp³-hybridized carbons (Fsp3) is 0.310. The lowest BCUT2D eigenvalue weighted by Crippen LogP contribution is -2.42. The summed E-state index contributed by atoms with van der Waals surface area (Å²) >= 11 is 0. The Bertz CT molecular complexity index is 1200. The molecule has 4 rings (SSSR count). The highest BCUT2D eigenvalue weighted by atomic mass is 19.1. The highest BCUT2D eigenvalue weighted by molar-refractivity contribution is 5.94. The average molecular weight is 475 g/mol. The lowest BCUT2D eigenvalue weighted by atomic mass is 9.87. The Morgan fingerprint density at radius 2 is 1.83 bits per heavy atom. The second-order valence-corrected chi connectivity index (χ2v) is 9.12. The number of fused-ring (bicyclic) bond motifs is 1. The van der Waals surface area contributed by atoms with E-state index in [1.165, 1.54) is 12.1 Å². The number of halogens is 1. The molecule has 182 valence electrons. The maximum Gasteiger partial charge on any atom is 0.265 e. The van der Waals surface area contributed by atoms with Gasteiger partial charge in [0.15, 0.2) is 6.10 Å². The van der Waals surface area contributed by atoms with Crippen LogP contribution in [-0.2, 0) is 16.0 Å². The first kappa shape index (κ1) is 24.5. The minimum Gasteiger partial charge on any atom is -0.481 e. The molecule has 5 nitrogen and oxygen atoms in total. The molecule has 0 bridgehead atoms. The zero-order valence-corrected chi connectivity index (χ0v) is 20.3. The zero-order valence-electron chi connectivity index (χ0n) is 20.3. The third kappa shape index (κ3) is 5.53. The van der Waals surface area contributed by atoms with Gasteiger partial charge in [-0.05, 0) is 59.9 Å². The number of ether oxygens (including phenoxy) is 1. The Balaban J connectivity index is 1.62. The summed E-state index contributed by atoms with van der Waals surface area (Å²) in [5.74, 6) is -0.203. The monoisotopic (exact) mass is 474 g/mol. The first-order valence-corrected chi connectivity index (χ1v) is 12.1. The first-order valence-electron chi connectivity index (χ1n) is 12.1. The van der Waals surface area contributed by atoms with E-state index in [4.69, 9.17) is 4.74 Å². The molecule has 2 unspecified atom stereocenters. The quantitative estimate of drug-likeness (QED) is 0.474. The van der Waals surface area contributed by atoms with E-state index < -0.39 is 11.9 Å². The summed E-state index contributed by atoms with van der Waals surface area (Å²) in [6.07, 6.45) is 0.455. The van der Waals surface area contributed by atoms with Crippen molar-refractivity contribution in [3.05, 3.63) is 95.3 Å². The summed E-state index contributed by atoms with van der Waals surface area (Å²) < 4.78 is 19.6. The molecule has 2 atom stereocenters. The molecule has 35 heavy (non-hydrogen) atoms. The molecule has 0 saturated heterocycles. The smallest absolute Gasteiger partial charge is 0.265 e. The molecule has 0 saturated carbocycles. The van der Waals surface area contributed by atoms with Gasteiger partial charge in [0, 0.05) is 18.2 Å². The van der Waals surface area contributed by atoms with Gasteiger partial charge in [0.25, 0.3) is 5.91 Å². The van der Waals surface area contributed by atoms with Gasteiger partial charge >= 0.3 is 0 Å². The van der Waals surface area contributed by atoms with Gasteiger partial charge in [-0.15, -0.1) is 0 Å². The van der Waals surface area contributed by atoms with Gasteiger partial charge in [0.2, 0.25) is 5.91 Å². The second-order valence-electron chi connectivity index (χ2n) is 9.12. The van der Waals surface area contributed by atoms with Crippen molar-refractivity contribution in [2.75, 3.05) is 11.9 Å². The molecule has 0 aromatic heterocycles. The standard InChI is InChI=1S/C29H31FN2O3/c1-4-26(28(33)31-23-12-8-11-22(30)17-23)35-24-14-13-20-15-16-32(29(34)19(2)3)27(25(20)18-24)21-9-6-5-7-10-21/h5-14,17-19,26-27H,4,15-16H2,1-3H3,(H,31,33). The fourth-order valence-corrected chi connectivity index (χ4v) is 4.51. The van der Waals surface area contributed by atoms with Crippen LogP contribution in [0, 0.1) is 11.7 Å². The van der Waals surface area contributed by atoms with Crippen molar-refractivity contribution in [2.45, 2.75) is 45.8 Å². The highest BCUT2D eigenvalue weighted by Gasteiger charge is 2.33. The maximum absolute atomic E-state index is 13.5. The van der Waals surface area contributed by atoms with Gasteiger partial charge in [0.1, 0.15) is 11.6 Å². The highest BCUT2D eigenvalue weighted by Crippen LogP contribution is 2.38. The Morgan fingerprint density at radius 1 is 1.06 bits per heavy atom. The summed E-state index contributed by atoms with van der Waals surface area (Å²) in [5.41, 5.74) is 3.59. The normalized spacial score (nSPS) is 15.9. The third-order valence-electron chi connectivity index (χ3n) is 6.27. The minimum absolute atomic E-state index is 0.108. The predicted octanol–water partition coefficient (Wildman–Crippen LogP) is 5.75. The van der Waals surface area contributed by atoms with Crippen molar-refractivity contribution >= 4 is 17.5 Å². The number of amides is 2. The number of rotatable bonds is 7. The number of carbonyl (C=O) groups excluding carboxylic acids is 2. The van der Waals surface area contributed by atoms with Crippen LogP contribution in [0.1, 0.15) is 49.9 Å². The number of hydrogen-bond donors (Lipinski definition) is 1. The van der Waals surface area contributed by atoms with Crippen LogP contribution < -0.4 is 10.1 Å². The van der Waals surface area contributed by atoms with E-state index in [0.29, 0.717) is 24.4 Å². The topological polar surface area (TPSA) is 58.6 Å². The van der Waals surface area contributed by atoms with Crippen molar-refractivity contribution in [1.82, 2.24) is 4.90 Å². The van der Waals surface area contributed by atoms with Gasteiger partial charge in [-0.25, -0.2) is 4.39 Å². The summed E-state index contributed by atoms with van der Waals surface area (Å²) in [7, 11) is 0. The Hall–Kier alpha value is -3.67. The molecular formula is C29H31FN2O3. The lowest BCUT2D eigenvalue weighted by molar-refractivity contribution is -0.136. The minimum atomic E-state index is -0.747. The molecule has 6 heteroatoms. The van der Waals surface area contributed by atoms with E-state index >= 15 is 0 Å². The summed E-state index contributed by atoms with van der Waals surface area (Å²) in [5, 5.41) is 2.73. The van der Waals surface area contributed by atoms with E-state index in [-0.39, 0.29) is 23.8 Å². The SMILES string of the molecule is CCC(Oc1ccc2c(c1)C(c1ccccc1)N(C(=O)C(C)C)CC2)C(=O)Nc1cccc(F)c1. The van der Waals surface area contributed by atoms with Crippen LogP contribution in [0.5, 0.6) is 5.75 Å². The third-order valence-corrected chi connectivity index (χ3v) is 6.27. The molecule has 1 aliphatic heterocycles. The van der Waals surface area contributed by atoms with Gasteiger partial charge < -0.3 is 15.0 Å². The number of carbonyl (C=O) groups is 2. The van der Waals surface area contributed by atoms with Gasteiger partial charge in [-0.3, -0.25) is 9.59 Å². The molecule has 0 fully saturated rings. The number of anilines is 1. The Morgan fingerprint density at radius 3 is 2.51 bits per heavy atom. The van der Waals surface area contributed by atoms with Gasteiger partial charge in [0.05, 0.1) is 6.04 Å². The van der Waals surface area contributed by atoms with Crippen LogP contribution >= 0.6 is 0 Å². The number of nitrogens with one attached hydrogen (secondary N) is 1. The first-order chi connectivity index (χ1) is 16.9. The van der Waals surface area contributed by atoms with Crippen LogP contribution in [0.3, 0.4) is 0 Å². The van der Waals surface area contributed by atoms with Crippen molar-refractivity contribution in [3.8, 4) is 5.75 Å². The van der Waals surface area contributed by atoms with Gasteiger partial charge in [-0.1, -0.05) is 63.2 Å². The summed E-state index contributed by atoms with van der Waals surface area (Å²) in [6.45, 7) is 6.35. The van der Waals surface area contributed by atoms with E-state index in [9.17, 15) is 14.0 Å². The molecule has 2 amide bonds. The van der Waals surface area contributed by atoms with E-state index in [0.717, 1.165) is 23.1 Å². The van der Waals surface area contributed by atoms with Crippen molar-refractivity contribution in [3.63, 3.8) is 0 Å². The molecule has 1 aliphatic rings. The van der Waals surface area contributed by atoms with Crippen LogP contribution in [0.25, 0.3) is 0 Å². The molecule has 3 aromatic rings. The largest absolute Gasteiger partial charge is 0.481 e. The zero-order chi connectivity index (χ0) is 24.9. The van der Waals surface area contributed by atoms with Crippen molar-refractivity contribution in [2.24, 2.45) is 5.92 Å². The van der Waals surface area contributed by atoms with Crippen molar-refractivity contribution in [1.29, 1.82) is 0 Å². The molecule has 3 aromatic carbocycles. The van der Waals surface area contributed by atoms with Crippen LogP contribution in [-0.4, -0.2) is 29.4 Å². The average Bonchev–Trinajstić information content (AvgIpc) is 2.86. The fourth-order valence-electron chi connectivity index (χ4n) is 4.51. The Kier molecular flexibility index (Phi) is 7.49. The molecule has 0 aliphatic carbocycles. The number of nitrogens with zero attached hydrogens (tertiary/aromatic N) is 1. The Labute approximate surface area is 205 Å². The van der Waals surface area contributed by atoms with E-state index in [1.807, 2.05) is 74.2 Å². The number of hydrogen-bond acceptors (Lipinski definition) is 3. The maximum atomic E-state index is 13.5. The van der Waals surface area contributed by atoms with Crippen molar-refractivity contribution < 1.29 is 18.7 Å². The van der Waals surface area contributed by atoms with Crippen LogP contribution in [0.2, 0.25) is 0 Å². The summed E-state index contributed by atoms with van der Waals surface area (Å²) in [4.78, 5) is 27.9. The number of benzene rings is 3. The molecule has 0 spiro atoms. The lowest BCUT2D eigenvalue weighted by Gasteiger charge is -2.39.